The van der Waals surface area contributed by atoms with Gasteiger partial charge in [-0.25, -0.2) is 9.18 Å². The maximum absolute atomic E-state index is 15.1. The number of benzene rings is 2. The Morgan fingerprint density at radius 1 is 1.15 bits per heavy atom. The minimum absolute atomic E-state index is 0.146. The molecule has 34 heavy (non-hydrogen) atoms. The second kappa shape index (κ2) is 9.54. The lowest BCUT2D eigenvalue weighted by Gasteiger charge is -2.28. The van der Waals surface area contributed by atoms with Gasteiger partial charge >= 0.3 is 12.3 Å². The molecule has 0 saturated heterocycles. The number of nitrogens with one attached hydrogen (secondary N) is 1. The summed E-state index contributed by atoms with van der Waals surface area (Å²) in [5.41, 5.74) is -0.0458. The van der Waals surface area contributed by atoms with Gasteiger partial charge in [-0.3, -0.25) is 13.9 Å². The lowest BCUT2D eigenvalue weighted by atomic mass is 9.92. The van der Waals surface area contributed by atoms with Crippen molar-refractivity contribution in [2.45, 2.75) is 64.3 Å². The fourth-order valence-corrected chi connectivity index (χ4v) is 4.48. The van der Waals surface area contributed by atoms with E-state index in [2.05, 4.69) is 10.1 Å². The molecule has 0 bridgehead atoms. The average Bonchev–Trinajstić information content (AvgIpc) is 3.05. The summed E-state index contributed by atoms with van der Waals surface area (Å²) in [6.07, 6.45) is 2.19. The van der Waals surface area contributed by atoms with E-state index >= 15 is 4.39 Å². The standard InChI is InChI=1S/C24H26F3N3O4/c1-13(2)29-19-11-16(22(32)28-18-8-3-4-9-21(18)31)17(25)12-20(19)30(24(29)33)14-6-5-7-15(10-14)34-23(26)27/h5-7,10-13,18,21,23,31H,3-4,8-9H2,1-2H3,(H,28,32)/t18-,21-/m1/s1. The molecule has 1 fully saturated rings. The average molecular weight is 477 g/mol. The minimum Gasteiger partial charge on any atom is -0.435 e. The second-order valence-electron chi connectivity index (χ2n) is 8.71. The summed E-state index contributed by atoms with van der Waals surface area (Å²) in [5.74, 6) is -1.66. The molecular formula is C24H26F3N3O4. The van der Waals surface area contributed by atoms with Crippen molar-refractivity contribution in [1.82, 2.24) is 14.5 Å². The van der Waals surface area contributed by atoms with Crippen LogP contribution in [0.5, 0.6) is 5.75 Å². The predicted molar refractivity (Wildman–Crippen MR) is 120 cm³/mol. The van der Waals surface area contributed by atoms with Crippen LogP contribution in [0.2, 0.25) is 0 Å². The van der Waals surface area contributed by atoms with Gasteiger partial charge < -0.3 is 15.2 Å². The predicted octanol–water partition coefficient (Wildman–Crippen LogP) is 4.15. The number of ether oxygens (including phenoxy) is 1. The lowest BCUT2D eigenvalue weighted by Crippen LogP contribution is -2.45. The third kappa shape index (κ3) is 4.54. The van der Waals surface area contributed by atoms with Crippen LogP contribution in [0.4, 0.5) is 13.2 Å². The van der Waals surface area contributed by atoms with Crippen molar-refractivity contribution in [1.29, 1.82) is 0 Å². The van der Waals surface area contributed by atoms with Crippen LogP contribution in [0, 0.1) is 5.82 Å². The first-order valence-corrected chi connectivity index (χ1v) is 11.2. The number of carbonyl (C=O) groups is 1. The molecule has 0 unspecified atom stereocenters. The summed E-state index contributed by atoms with van der Waals surface area (Å²) in [6.45, 7) is 0.497. The highest BCUT2D eigenvalue weighted by Gasteiger charge is 2.27. The van der Waals surface area contributed by atoms with Crippen LogP contribution in [0.15, 0.2) is 41.2 Å². The number of fused-ring (bicyclic) bond motifs is 1. The monoisotopic (exact) mass is 477 g/mol. The number of imidazole rings is 1. The zero-order valence-corrected chi connectivity index (χ0v) is 18.8. The zero-order chi connectivity index (χ0) is 24.6. The van der Waals surface area contributed by atoms with Gasteiger partial charge in [-0.15, -0.1) is 0 Å². The molecule has 10 heteroatoms. The number of aliphatic hydroxyl groups excluding tert-OH is 1. The summed E-state index contributed by atoms with van der Waals surface area (Å²) >= 11 is 0. The van der Waals surface area contributed by atoms with Crippen molar-refractivity contribution in [3.05, 3.63) is 58.3 Å². The molecule has 1 aromatic heterocycles. The van der Waals surface area contributed by atoms with Gasteiger partial charge in [-0.05, 0) is 44.9 Å². The summed E-state index contributed by atoms with van der Waals surface area (Å²) in [6, 6.07) is 7.16. The molecule has 2 atom stereocenters. The molecule has 3 aromatic rings. The maximum atomic E-state index is 15.1. The topological polar surface area (TPSA) is 85.5 Å². The van der Waals surface area contributed by atoms with Crippen LogP contribution < -0.4 is 15.7 Å². The SMILES string of the molecule is CC(C)n1c(=O)n(-c2cccc(OC(F)F)c2)c2cc(F)c(C(=O)N[C@@H]3CCCC[C@H]3O)cc21. The van der Waals surface area contributed by atoms with Gasteiger partial charge in [0.25, 0.3) is 5.91 Å². The van der Waals surface area contributed by atoms with Crippen LogP contribution in [0.25, 0.3) is 16.7 Å². The quantitative estimate of drug-likeness (QED) is 0.559. The molecule has 1 heterocycles. The number of alkyl halides is 2. The number of aromatic nitrogens is 2. The van der Waals surface area contributed by atoms with Gasteiger partial charge in [0, 0.05) is 18.2 Å². The molecule has 7 nitrogen and oxygen atoms in total. The molecule has 1 aliphatic rings. The smallest absolute Gasteiger partial charge is 0.387 e. The van der Waals surface area contributed by atoms with E-state index in [0.717, 1.165) is 18.9 Å². The van der Waals surface area contributed by atoms with Crippen molar-refractivity contribution < 1.29 is 27.8 Å². The Bertz CT molecular complexity index is 1270. The third-order valence-electron chi connectivity index (χ3n) is 6.07. The van der Waals surface area contributed by atoms with Gasteiger partial charge in [0.05, 0.1) is 34.4 Å². The number of hydrogen-bond donors (Lipinski definition) is 2. The van der Waals surface area contributed by atoms with Crippen molar-refractivity contribution in [2.24, 2.45) is 0 Å². The van der Waals surface area contributed by atoms with Crippen molar-refractivity contribution in [3.8, 4) is 11.4 Å². The molecule has 1 saturated carbocycles. The largest absolute Gasteiger partial charge is 0.435 e. The minimum atomic E-state index is -3.04. The van der Waals surface area contributed by atoms with Gasteiger partial charge in [0.2, 0.25) is 0 Å². The summed E-state index contributed by atoms with van der Waals surface area (Å²) in [7, 11) is 0. The lowest BCUT2D eigenvalue weighted by molar-refractivity contribution is -0.0498. The maximum Gasteiger partial charge on any atom is 0.387 e. The van der Waals surface area contributed by atoms with Crippen LogP contribution in [-0.2, 0) is 0 Å². The van der Waals surface area contributed by atoms with Crippen LogP contribution >= 0.6 is 0 Å². The van der Waals surface area contributed by atoms with E-state index in [1.54, 1.807) is 13.8 Å². The second-order valence-corrected chi connectivity index (χ2v) is 8.71. The highest BCUT2D eigenvalue weighted by atomic mass is 19.3. The molecule has 0 aliphatic heterocycles. The zero-order valence-electron chi connectivity index (χ0n) is 18.8. The first kappa shape index (κ1) is 23.9. The molecule has 0 radical (unpaired) electrons. The molecule has 1 amide bonds. The number of hydrogen-bond acceptors (Lipinski definition) is 4. The molecular weight excluding hydrogens is 451 g/mol. The van der Waals surface area contributed by atoms with E-state index in [1.807, 2.05) is 0 Å². The van der Waals surface area contributed by atoms with E-state index in [4.69, 9.17) is 0 Å². The van der Waals surface area contributed by atoms with E-state index in [-0.39, 0.29) is 28.6 Å². The summed E-state index contributed by atoms with van der Waals surface area (Å²) in [5, 5.41) is 12.9. The Hall–Kier alpha value is -3.27. The summed E-state index contributed by atoms with van der Waals surface area (Å²) < 4.78 is 47.5. The van der Waals surface area contributed by atoms with Crippen LogP contribution in [-0.4, -0.2) is 38.9 Å². The molecule has 182 valence electrons. The van der Waals surface area contributed by atoms with Crippen molar-refractivity contribution in [2.75, 3.05) is 0 Å². The number of nitrogens with zero attached hydrogens (tertiary/aromatic N) is 2. The fourth-order valence-electron chi connectivity index (χ4n) is 4.48. The van der Waals surface area contributed by atoms with Gasteiger partial charge in [-0.1, -0.05) is 18.9 Å². The first-order chi connectivity index (χ1) is 16.2. The van der Waals surface area contributed by atoms with E-state index < -0.39 is 36.2 Å². The highest BCUT2D eigenvalue weighted by Crippen LogP contribution is 2.27. The van der Waals surface area contributed by atoms with Crippen LogP contribution in [0.3, 0.4) is 0 Å². The van der Waals surface area contributed by atoms with E-state index in [9.17, 15) is 23.5 Å². The molecule has 0 spiro atoms. The first-order valence-electron chi connectivity index (χ1n) is 11.2. The Balaban J connectivity index is 1.81. The van der Waals surface area contributed by atoms with Gasteiger partial charge in [0.15, 0.2) is 0 Å². The number of rotatable bonds is 6. The summed E-state index contributed by atoms with van der Waals surface area (Å²) in [4.78, 5) is 26.2. The Labute approximate surface area is 193 Å². The molecule has 2 N–H and O–H groups in total. The van der Waals surface area contributed by atoms with E-state index in [1.165, 1.54) is 39.5 Å². The normalized spacial score (nSPS) is 18.6. The number of aliphatic hydroxyl groups is 1. The number of halogens is 3. The van der Waals surface area contributed by atoms with Crippen molar-refractivity contribution in [3.63, 3.8) is 0 Å². The Morgan fingerprint density at radius 3 is 2.56 bits per heavy atom. The number of carbonyl (C=O) groups excluding carboxylic acids is 1. The third-order valence-corrected chi connectivity index (χ3v) is 6.07. The van der Waals surface area contributed by atoms with Gasteiger partial charge in [-0.2, -0.15) is 8.78 Å². The van der Waals surface area contributed by atoms with Crippen molar-refractivity contribution >= 4 is 16.9 Å². The molecule has 4 rings (SSSR count). The Morgan fingerprint density at radius 2 is 1.88 bits per heavy atom. The highest BCUT2D eigenvalue weighted by molar-refractivity contribution is 5.98. The molecule has 2 aromatic carbocycles. The molecule has 1 aliphatic carbocycles. The van der Waals surface area contributed by atoms with Gasteiger partial charge in [0.1, 0.15) is 11.6 Å². The van der Waals surface area contributed by atoms with Crippen LogP contribution in [0.1, 0.15) is 55.9 Å². The number of amides is 1. The Kier molecular flexibility index (Phi) is 6.70. The fraction of sp³-hybridized carbons (Fsp3) is 0.417. The van der Waals surface area contributed by atoms with E-state index in [0.29, 0.717) is 18.4 Å².